The maximum Gasteiger partial charge on any atom is 0.453 e. The molecule has 0 aromatic carbocycles. The largest absolute Gasteiger partial charge is 0.453 e. The summed E-state index contributed by atoms with van der Waals surface area (Å²) in [7, 11) is 0. The van der Waals surface area contributed by atoms with Gasteiger partial charge in [-0.1, -0.05) is 0 Å². The van der Waals surface area contributed by atoms with Gasteiger partial charge in [0.2, 0.25) is 5.95 Å². The zero-order chi connectivity index (χ0) is 19.0. The summed E-state index contributed by atoms with van der Waals surface area (Å²) in [6.07, 6.45) is -7.33. The third kappa shape index (κ3) is 3.91. The van der Waals surface area contributed by atoms with Gasteiger partial charge in [-0.3, -0.25) is 14.6 Å². The fourth-order valence-corrected chi connectivity index (χ4v) is 2.11. The summed E-state index contributed by atoms with van der Waals surface area (Å²) in [6.45, 7) is 2.97. The molecular formula is C14H13F5N4O2. The first-order valence-corrected chi connectivity index (χ1v) is 7.03. The summed E-state index contributed by atoms with van der Waals surface area (Å²) in [5.74, 6) is -5.86. The fourth-order valence-electron chi connectivity index (χ4n) is 2.11. The van der Waals surface area contributed by atoms with Gasteiger partial charge in [-0.05, 0) is 13.8 Å². The second kappa shape index (κ2) is 6.37. The lowest BCUT2D eigenvalue weighted by molar-refractivity contribution is -0.283. The maximum absolute atomic E-state index is 12.9. The maximum atomic E-state index is 12.9. The molecule has 0 saturated carbocycles. The number of aromatic amines is 1. The highest BCUT2D eigenvalue weighted by Crippen LogP contribution is 2.39. The van der Waals surface area contributed by atoms with Gasteiger partial charge in [-0.2, -0.15) is 27.1 Å². The number of hydrogen-bond donors (Lipinski definition) is 1. The Morgan fingerprint density at radius 1 is 1.24 bits per heavy atom. The Morgan fingerprint density at radius 3 is 2.44 bits per heavy atom. The van der Waals surface area contributed by atoms with E-state index in [1.807, 2.05) is 0 Å². The van der Waals surface area contributed by atoms with Crippen LogP contribution in [-0.2, 0) is 0 Å². The van der Waals surface area contributed by atoms with Crippen LogP contribution in [0.25, 0.3) is 5.95 Å². The second-order valence-corrected chi connectivity index (χ2v) is 5.39. The van der Waals surface area contributed by atoms with Crippen LogP contribution >= 0.6 is 0 Å². The third-order valence-electron chi connectivity index (χ3n) is 3.45. The number of aryl methyl sites for hydroxylation is 1. The van der Waals surface area contributed by atoms with Gasteiger partial charge in [0.05, 0.1) is 17.5 Å². The van der Waals surface area contributed by atoms with Crippen molar-refractivity contribution in [3.05, 3.63) is 39.6 Å². The van der Waals surface area contributed by atoms with Crippen molar-refractivity contribution in [1.29, 1.82) is 0 Å². The van der Waals surface area contributed by atoms with Crippen molar-refractivity contribution < 1.29 is 26.7 Å². The number of rotatable bonds is 5. The molecule has 25 heavy (non-hydrogen) atoms. The van der Waals surface area contributed by atoms with Crippen molar-refractivity contribution in [1.82, 2.24) is 19.7 Å². The Bertz CT molecular complexity index is 854. The van der Waals surface area contributed by atoms with E-state index in [9.17, 15) is 31.5 Å². The zero-order valence-electron chi connectivity index (χ0n) is 13.1. The number of halogens is 5. The SMILES string of the molecule is Cc1cc(=O)[nH]c(-n2ncc(C(=O)CCC(F)(F)C(F)(F)F)c2C)n1. The molecule has 0 unspecified atom stereocenters. The van der Waals surface area contributed by atoms with Crippen LogP contribution in [0.3, 0.4) is 0 Å². The van der Waals surface area contributed by atoms with Crippen molar-refractivity contribution in [3.63, 3.8) is 0 Å². The van der Waals surface area contributed by atoms with Gasteiger partial charge in [-0.15, -0.1) is 0 Å². The fraction of sp³-hybridized carbons (Fsp3) is 0.429. The molecule has 0 aliphatic carbocycles. The van der Waals surface area contributed by atoms with E-state index < -0.39 is 36.3 Å². The van der Waals surface area contributed by atoms with E-state index in [0.29, 0.717) is 5.69 Å². The minimum Gasteiger partial charge on any atom is -0.294 e. The van der Waals surface area contributed by atoms with Gasteiger partial charge in [0, 0.05) is 24.6 Å². The first-order chi connectivity index (χ1) is 11.4. The van der Waals surface area contributed by atoms with Crippen LogP contribution in [0.1, 0.15) is 34.6 Å². The summed E-state index contributed by atoms with van der Waals surface area (Å²) in [5.41, 5.74) is -0.0438. The molecular weight excluding hydrogens is 351 g/mol. The number of aromatic nitrogens is 4. The highest BCUT2D eigenvalue weighted by atomic mass is 19.4. The molecule has 0 spiro atoms. The lowest BCUT2D eigenvalue weighted by Crippen LogP contribution is -2.36. The summed E-state index contributed by atoms with van der Waals surface area (Å²) in [5, 5.41) is 3.84. The molecule has 0 bridgehead atoms. The van der Waals surface area contributed by atoms with Crippen LogP contribution < -0.4 is 5.56 Å². The molecule has 2 rings (SSSR count). The Kier molecular flexibility index (Phi) is 4.78. The van der Waals surface area contributed by atoms with E-state index in [2.05, 4.69) is 15.1 Å². The standard InChI is InChI=1S/C14H13F5N4O2/c1-7-5-11(25)22-12(21-7)23-8(2)9(6-20-23)10(24)3-4-13(15,16)14(17,18)19/h5-6H,3-4H2,1-2H3,(H,21,22,25). The predicted molar refractivity (Wildman–Crippen MR) is 76.0 cm³/mol. The second-order valence-electron chi connectivity index (χ2n) is 5.39. The van der Waals surface area contributed by atoms with Gasteiger partial charge in [0.15, 0.2) is 5.78 Å². The number of ketones is 1. The summed E-state index contributed by atoms with van der Waals surface area (Å²) < 4.78 is 63.4. The third-order valence-corrected chi connectivity index (χ3v) is 3.45. The summed E-state index contributed by atoms with van der Waals surface area (Å²) in [4.78, 5) is 29.8. The number of hydrogen-bond acceptors (Lipinski definition) is 4. The van der Waals surface area contributed by atoms with Crippen molar-refractivity contribution >= 4 is 5.78 Å². The molecule has 2 aromatic heterocycles. The molecule has 0 amide bonds. The van der Waals surface area contributed by atoms with Gasteiger partial charge in [0.25, 0.3) is 5.56 Å². The zero-order valence-corrected chi connectivity index (χ0v) is 13.1. The van der Waals surface area contributed by atoms with Crippen LogP contribution in [0.2, 0.25) is 0 Å². The van der Waals surface area contributed by atoms with Gasteiger partial charge in [-0.25, -0.2) is 9.67 Å². The Hall–Kier alpha value is -2.59. The molecule has 2 heterocycles. The van der Waals surface area contributed by atoms with Gasteiger partial charge >= 0.3 is 12.1 Å². The van der Waals surface area contributed by atoms with Crippen LogP contribution in [-0.4, -0.2) is 37.6 Å². The highest BCUT2D eigenvalue weighted by Gasteiger charge is 2.56. The number of carbonyl (C=O) groups is 1. The van der Waals surface area contributed by atoms with Crippen LogP contribution in [0.4, 0.5) is 22.0 Å². The van der Waals surface area contributed by atoms with E-state index in [4.69, 9.17) is 0 Å². The Morgan fingerprint density at radius 2 is 1.88 bits per heavy atom. The molecule has 0 aliphatic rings. The van der Waals surface area contributed by atoms with Gasteiger partial charge in [0.1, 0.15) is 0 Å². The molecule has 0 radical (unpaired) electrons. The molecule has 11 heteroatoms. The minimum absolute atomic E-state index is 0.00201. The first-order valence-electron chi connectivity index (χ1n) is 7.03. The van der Waals surface area contributed by atoms with Crippen molar-refractivity contribution in [3.8, 4) is 5.95 Å². The van der Waals surface area contributed by atoms with E-state index in [-0.39, 0.29) is 17.2 Å². The topological polar surface area (TPSA) is 80.6 Å². The average Bonchev–Trinajstić information content (AvgIpc) is 2.84. The van der Waals surface area contributed by atoms with Crippen LogP contribution in [0, 0.1) is 13.8 Å². The van der Waals surface area contributed by atoms with Gasteiger partial charge < -0.3 is 0 Å². The monoisotopic (exact) mass is 364 g/mol. The smallest absolute Gasteiger partial charge is 0.294 e. The number of Topliss-reactive ketones (excluding diaryl/α,β-unsaturated/α-hetero) is 1. The van der Waals surface area contributed by atoms with E-state index in [1.54, 1.807) is 6.92 Å². The van der Waals surface area contributed by atoms with Crippen molar-refractivity contribution in [2.24, 2.45) is 0 Å². The number of nitrogens with one attached hydrogen (secondary N) is 1. The summed E-state index contributed by atoms with van der Waals surface area (Å²) in [6, 6.07) is 1.23. The minimum atomic E-state index is -5.71. The highest BCUT2D eigenvalue weighted by molar-refractivity contribution is 5.97. The normalized spacial score (nSPS) is 12.4. The molecule has 0 aliphatic heterocycles. The van der Waals surface area contributed by atoms with E-state index in [1.165, 1.54) is 13.0 Å². The van der Waals surface area contributed by atoms with Crippen molar-refractivity contribution in [2.75, 3.05) is 0 Å². The summed E-state index contributed by atoms with van der Waals surface area (Å²) >= 11 is 0. The van der Waals surface area contributed by atoms with E-state index >= 15 is 0 Å². The molecule has 2 aromatic rings. The number of nitrogens with zero attached hydrogens (tertiary/aromatic N) is 3. The predicted octanol–water partition coefficient (Wildman–Crippen LogP) is 2.73. The molecule has 0 atom stereocenters. The number of alkyl halides is 5. The Balaban J connectivity index is 2.23. The Labute approximate surface area is 137 Å². The van der Waals surface area contributed by atoms with Crippen LogP contribution in [0.15, 0.2) is 17.1 Å². The quantitative estimate of drug-likeness (QED) is 0.653. The number of carbonyl (C=O) groups excluding carboxylic acids is 1. The van der Waals surface area contributed by atoms with E-state index in [0.717, 1.165) is 10.9 Å². The lowest BCUT2D eigenvalue weighted by atomic mass is 10.0. The average molecular weight is 364 g/mol. The molecule has 136 valence electrons. The lowest BCUT2D eigenvalue weighted by Gasteiger charge is -2.18. The first kappa shape index (κ1) is 18.7. The van der Waals surface area contributed by atoms with Crippen molar-refractivity contribution in [2.45, 2.75) is 38.8 Å². The molecule has 0 saturated heterocycles. The number of H-pyrrole nitrogens is 1. The molecule has 1 N–H and O–H groups in total. The van der Waals surface area contributed by atoms with Crippen LogP contribution in [0.5, 0.6) is 0 Å². The molecule has 6 nitrogen and oxygen atoms in total. The molecule has 0 fully saturated rings.